The number of nitrogens with zero attached hydrogens (tertiary/aromatic N) is 3. The third-order valence-corrected chi connectivity index (χ3v) is 12.4. The van der Waals surface area contributed by atoms with E-state index in [1.54, 1.807) is 0 Å². The molecular formula is C27H40ClN3O3Si. The van der Waals surface area contributed by atoms with Gasteiger partial charge in [-0.05, 0) is 62.5 Å². The summed E-state index contributed by atoms with van der Waals surface area (Å²) in [7, 11) is 1.54. The second-order valence-electron chi connectivity index (χ2n) is 10.8. The van der Waals surface area contributed by atoms with Crippen LogP contribution in [0.4, 0.5) is 0 Å². The molecule has 2 aromatic heterocycles. The predicted molar refractivity (Wildman–Crippen MR) is 147 cm³/mol. The van der Waals surface area contributed by atoms with Gasteiger partial charge in [-0.3, -0.25) is 4.68 Å². The summed E-state index contributed by atoms with van der Waals surface area (Å²) >= 11 is 6.84. The van der Waals surface area contributed by atoms with E-state index in [0.717, 1.165) is 51.8 Å². The van der Waals surface area contributed by atoms with Crippen molar-refractivity contribution in [2.75, 3.05) is 13.7 Å². The van der Waals surface area contributed by atoms with Crippen LogP contribution in [-0.4, -0.2) is 42.4 Å². The van der Waals surface area contributed by atoms with Gasteiger partial charge in [0.05, 0.1) is 12.8 Å². The van der Waals surface area contributed by atoms with E-state index in [2.05, 4.69) is 52.3 Å². The van der Waals surface area contributed by atoms with Gasteiger partial charge >= 0.3 is 5.97 Å². The fourth-order valence-electron chi connectivity index (χ4n) is 4.46. The molecule has 8 heteroatoms. The molecule has 1 aromatic carbocycles. The highest BCUT2D eigenvalue weighted by molar-refractivity contribution is 6.74. The summed E-state index contributed by atoms with van der Waals surface area (Å²) in [4.78, 5) is 13.0. The molecule has 0 fully saturated rings. The zero-order chi connectivity index (χ0) is 26.3. The summed E-state index contributed by atoms with van der Waals surface area (Å²) in [6.07, 6.45) is 1.59. The van der Waals surface area contributed by atoms with Gasteiger partial charge in [0.25, 0.3) is 0 Å². The number of halogens is 1. The monoisotopic (exact) mass is 517 g/mol. The molecule has 0 atom stereocenters. The van der Waals surface area contributed by atoms with Crippen molar-refractivity contribution < 1.29 is 14.0 Å². The van der Waals surface area contributed by atoms with Crippen LogP contribution >= 0.6 is 11.6 Å². The fourth-order valence-corrected chi connectivity index (χ4v) is 5.80. The summed E-state index contributed by atoms with van der Waals surface area (Å²) in [6.45, 7) is 18.7. The van der Waals surface area contributed by atoms with E-state index >= 15 is 0 Å². The lowest BCUT2D eigenvalue weighted by molar-refractivity contribution is 0.0587. The number of methoxy groups -OCH3 is 1. The molecule has 0 unspecified atom stereocenters. The zero-order valence-electron chi connectivity index (χ0n) is 22.9. The molecule has 0 radical (unpaired) electrons. The molecule has 0 saturated carbocycles. The highest BCUT2D eigenvalue weighted by atomic mass is 35.5. The summed E-state index contributed by atoms with van der Waals surface area (Å²) in [6, 6.07) is 3.93. The molecule has 192 valence electrons. The number of hydrogen-bond donors (Lipinski definition) is 0. The molecule has 0 spiro atoms. The number of benzene rings is 1. The van der Waals surface area contributed by atoms with Crippen molar-refractivity contribution in [1.29, 1.82) is 0 Å². The summed E-state index contributed by atoms with van der Waals surface area (Å²) < 4.78 is 15.6. The molecule has 0 bridgehead atoms. The van der Waals surface area contributed by atoms with Crippen LogP contribution in [-0.2, 0) is 29.2 Å². The van der Waals surface area contributed by atoms with Gasteiger partial charge in [-0.25, -0.2) is 4.79 Å². The largest absolute Gasteiger partial charge is 0.464 e. The summed E-state index contributed by atoms with van der Waals surface area (Å²) in [5.74, 6) is -0.343. The first-order valence-electron chi connectivity index (χ1n) is 12.3. The predicted octanol–water partition coefficient (Wildman–Crippen LogP) is 7.07. The quantitative estimate of drug-likeness (QED) is 0.182. The number of hydrogen-bond acceptors (Lipinski definition) is 4. The van der Waals surface area contributed by atoms with Gasteiger partial charge in [0, 0.05) is 52.9 Å². The van der Waals surface area contributed by atoms with Gasteiger partial charge < -0.3 is 13.7 Å². The number of carbonyl (C=O) groups is 1. The van der Waals surface area contributed by atoms with Crippen LogP contribution in [0.2, 0.25) is 23.2 Å². The number of esters is 1. The highest BCUT2D eigenvalue weighted by Gasteiger charge is 2.37. The van der Waals surface area contributed by atoms with E-state index in [0.29, 0.717) is 23.9 Å². The third-order valence-electron chi connectivity index (χ3n) is 7.59. The van der Waals surface area contributed by atoms with Crippen LogP contribution in [0.15, 0.2) is 12.1 Å². The molecule has 6 nitrogen and oxygen atoms in total. The minimum atomic E-state index is -1.84. The Morgan fingerprint density at radius 2 is 1.83 bits per heavy atom. The summed E-state index contributed by atoms with van der Waals surface area (Å²) in [5, 5.41) is 6.51. The van der Waals surface area contributed by atoms with E-state index in [-0.39, 0.29) is 11.0 Å². The Morgan fingerprint density at radius 1 is 1.17 bits per heavy atom. The van der Waals surface area contributed by atoms with Crippen LogP contribution in [0.5, 0.6) is 0 Å². The Labute approximate surface area is 215 Å². The van der Waals surface area contributed by atoms with Crippen molar-refractivity contribution in [3.8, 4) is 11.1 Å². The molecule has 0 N–H and O–H groups in total. The SMILES string of the molecule is CCc1nn(C)c(C)c1-c1c(Cl)ccc2c1c(C)c(C(=O)OC)n2CCCO[Si](C)(C)C(C)(C)C. The number of aryl methyl sites for hydroxylation is 4. The van der Waals surface area contributed by atoms with Crippen LogP contribution in [0.25, 0.3) is 22.0 Å². The average Bonchev–Trinajstić information content (AvgIpc) is 3.23. The standard InChI is InChI=1S/C27H40ClN3O3Si/c1-11-20-23(18(3)30(7)29-20)24-19(28)13-14-21-22(24)17(2)25(26(32)33-8)31(21)15-12-16-34-35(9,10)27(4,5)6/h13-14H,11-12,15-16H2,1-10H3. The Balaban J connectivity index is 2.14. The lowest BCUT2D eigenvalue weighted by Crippen LogP contribution is -2.41. The van der Waals surface area contributed by atoms with Crippen molar-refractivity contribution in [2.24, 2.45) is 7.05 Å². The first kappa shape index (κ1) is 27.5. The average molecular weight is 518 g/mol. The number of rotatable bonds is 8. The van der Waals surface area contributed by atoms with E-state index < -0.39 is 8.32 Å². The maximum Gasteiger partial charge on any atom is 0.354 e. The van der Waals surface area contributed by atoms with Gasteiger partial charge in [-0.1, -0.05) is 39.3 Å². The lowest BCUT2D eigenvalue weighted by atomic mass is 9.96. The first-order valence-corrected chi connectivity index (χ1v) is 15.6. The van der Waals surface area contributed by atoms with Gasteiger partial charge in [0.2, 0.25) is 0 Å². The molecular weight excluding hydrogens is 478 g/mol. The molecule has 0 aliphatic carbocycles. The number of aromatic nitrogens is 3. The van der Waals surface area contributed by atoms with Crippen molar-refractivity contribution in [2.45, 2.75) is 79.1 Å². The summed E-state index contributed by atoms with van der Waals surface area (Å²) in [5.41, 5.74) is 6.44. The van der Waals surface area contributed by atoms with Gasteiger partial charge in [-0.15, -0.1) is 0 Å². The Morgan fingerprint density at radius 3 is 2.40 bits per heavy atom. The molecule has 35 heavy (non-hydrogen) atoms. The van der Waals surface area contributed by atoms with Crippen molar-refractivity contribution in [3.05, 3.63) is 39.8 Å². The normalized spacial score (nSPS) is 12.5. The molecule has 3 aromatic rings. The van der Waals surface area contributed by atoms with Crippen LogP contribution in [0.3, 0.4) is 0 Å². The highest BCUT2D eigenvalue weighted by Crippen LogP contribution is 2.42. The first-order chi connectivity index (χ1) is 16.3. The minimum Gasteiger partial charge on any atom is -0.464 e. The van der Waals surface area contributed by atoms with Crippen molar-refractivity contribution in [1.82, 2.24) is 14.3 Å². The molecule has 0 amide bonds. The zero-order valence-corrected chi connectivity index (χ0v) is 24.7. The number of fused-ring (bicyclic) bond motifs is 1. The Kier molecular flexibility index (Phi) is 7.94. The van der Waals surface area contributed by atoms with E-state index in [1.807, 2.05) is 30.8 Å². The lowest BCUT2D eigenvalue weighted by Gasteiger charge is -2.36. The maximum absolute atomic E-state index is 13.0. The van der Waals surface area contributed by atoms with Gasteiger partial charge in [0.1, 0.15) is 5.69 Å². The molecule has 0 aliphatic rings. The maximum atomic E-state index is 13.0. The third kappa shape index (κ3) is 4.95. The van der Waals surface area contributed by atoms with Crippen LogP contribution < -0.4 is 0 Å². The fraction of sp³-hybridized carbons (Fsp3) is 0.556. The molecule has 3 rings (SSSR count). The van der Waals surface area contributed by atoms with Gasteiger partial charge in [0.15, 0.2) is 8.32 Å². The van der Waals surface area contributed by atoms with Crippen LogP contribution in [0, 0.1) is 13.8 Å². The molecule has 0 saturated heterocycles. The second kappa shape index (κ2) is 10.1. The minimum absolute atomic E-state index is 0.158. The Hall–Kier alpha value is -2.09. The van der Waals surface area contributed by atoms with E-state index in [4.69, 9.17) is 25.9 Å². The van der Waals surface area contributed by atoms with Crippen molar-refractivity contribution in [3.63, 3.8) is 0 Å². The molecule has 2 heterocycles. The molecule has 0 aliphatic heterocycles. The second-order valence-corrected chi connectivity index (χ2v) is 16.0. The number of carbonyl (C=O) groups excluding carboxylic acids is 1. The number of ether oxygens (including phenoxy) is 1. The Bertz CT molecular complexity index is 1250. The van der Waals surface area contributed by atoms with Gasteiger partial charge in [-0.2, -0.15) is 5.10 Å². The van der Waals surface area contributed by atoms with E-state index in [9.17, 15) is 4.79 Å². The smallest absolute Gasteiger partial charge is 0.354 e. The topological polar surface area (TPSA) is 58.3 Å². The van der Waals surface area contributed by atoms with Crippen LogP contribution in [0.1, 0.15) is 61.6 Å². The van der Waals surface area contributed by atoms with Crippen molar-refractivity contribution >= 4 is 36.8 Å². The van der Waals surface area contributed by atoms with E-state index in [1.165, 1.54) is 7.11 Å².